The Morgan fingerprint density at radius 3 is 2.73 bits per heavy atom. The van der Waals surface area contributed by atoms with Crippen LogP contribution in [0.5, 0.6) is 0 Å². The van der Waals surface area contributed by atoms with Crippen molar-refractivity contribution in [1.29, 1.82) is 0 Å². The highest BCUT2D eigenvalue weighted by atomic mass is 16.1. The molecule has 0 heterocycles. The second-order valence-electron chi connectivity index (χ2n) is 4.02. The molecule has 1 aliphatic rings. The highest BCUT2D eigenvalue weighted by Gasteiger charge is 2.30. The molecule has 78 valence electrons. The Balaban J connectivity index is 2.22. The third kappa shape index (κ3) is 2.20. The quantitative estimate of drug-likeness (QED) is 0.783. The van der Waals surface area contributed by atoms with Gasteiger partial charge in [-0.05, 0) is 30.4 Å². The van der Waals surface area contributed by atoms with E-state index in [0.29, 0.717) is 0 Å². The number of benzene rings is 1. The summed E-state index contributed by atoms with van der Waals surface area (Å²) < 4.78 is 0. The molecular formula is C13H15NO. The van der Waals surface area contributed by atoms with Crippen LogP contribution in [0, 0.1) is 12.0 Å². The van der Waals surface area contributed by atoms with E-state index in [-0.39, 0.29) is 11.8 Å². The Kier molecular flexibility index (Phi) is 3.05. The van der Waals surface area contributed by atoms with Gasteiger partial charge >= 0.3 is 0 Å². The predicted molar refractivity (Wildman–Crippen MR) is 58.9 cm³/mol. The lowest BCUT2D eigenvalue weighted by Gasteiger charge is -2.28. The zero-order chi connectivity index (χ0) is 10.7. The van der Waals surface area contributed by atoms with Crippen molar-refractivity contribution in [3.8, 4) is 0 Å². The summed E-state index contributed by atoms with van der Waals surface area (Å²) in [4.78, 5) is 11.3. The molecule has 1 aromatic carbocycles. The number of carbonyl (C=O) groups excluding carboxylic acids is 1. The molecule has 2 rings (SSSR count). The van der Waals surface area contributed by atoms with Crippen molar-refractivity contribution >= 4 is 5.91 Å². The molecule has 2 heteroatoms. The molecule has 0 saturated heterocycles. The highest BCUT2D eigenvalue weighted by molar-refractivity contribution is 5.90. The second kappa shape index (κ2) is 4.47. The summed E-state index contributed by atoms with van der Waals surface area (Å²) in [5.74, 6) is 0.908. The standard InChI is InChI=1S/C13H15NO/c14-13(15)12-9-5-4-8-11(12)10-6-2-1-3-7-10/h2-3,6-7,11H,4-5,8-9H2,(H2,14,15). The summed E-state index contributed by atoms with van der Waals surface area (Å²) in [6, 6.07) is 10.8. The summed E-state index contributed by atoms with van der Waals surface area (Å²) in [5.41, 5.74) is 6.61. The number of rotatable bonds is 2. The van der Waals surface area contributed by atoms with Crippen LogP contribution in [0.25, 0.3) is 0 Å². The molecule has 1 aromatic rings. The minimum Gasteiger partial charge on any atom is -0.369 e. The summed E-state index contributed by atoms with van der Waals surface area (Å²) in [7, 11) is 0. The fourth-order valence-corrected chi connectivity index (χ4v) is 2.31. The van der Waals surface area contributed by atoms with Gasteiger partial charge in [-0.2, -0.15) is 0 Å². The maximum Gasteiger partial charge on any atom is 0.225 e. The Morgan fingerprint density at radius 2 is 2.07 bits per heavy atom. The van der Waals surface area contributed by atoms with E-state index < -0.39 is 0 Å². The topological polar surface area (TPSA) is 43.1 Å². The van der Waals surface area contributed by atoms with Crippen LogP contribution < -0.4 is 5.73 Å². The van der Waals surface area contributed by atoms with Crippen LogP contribution in [-0.4, -0.2) is 5.91 Å². The van der Waals surface area contributed by atoms with Gasteiger partial charge in [-0.15, -0.1) is 0 Å². The smallest absolute Gasteiger partial charge is 0.225 e. The fourth-order valence-electron chi connectivity index (χ4n) is 2.31. The molecule has 1 aliphatic carbocycles. The highest BCUT2D eigenvalue weighted by Crippen LogP contribution is 2.38. The van der Waals surface area contributed by atoms with Crippen molar-refractivity contribution in [2.45, 2.75) is 31.6 Å². The van der Waals surface area contributed by atoms with Crippen LogP contribution in [0.15, 0.2) is 24.3 Å². The average Bonchev–Trinajstić information content (AvgIpc) is 2.30. The number of hydrogen-bond acceptors (Lipinski definition) is 1. The third-order valence-electron chi connectivity index (χ3n) is 3.07. The van der Waals surface area contributed by atoms with E-state index in [9.17, 15) is 4.79 Å². The molecule has 1 amide bonds. The molecule has 1 saturated carbocycles. The zero-order valence-corrected chi connectivity index (χ0v) is 8.70. The van der Waals surface area contributed by atoms with E-state index >= 15 is 0 Å². The van der Waals surface area contributed by atoms with Gasteiger partial charge < -0.3 is 5.73 Å². The van der Waals surface area contributed by atoms with Crippen LogP contribution in [-0.2, 0) is 4.79 Å². The maximum atomic E-state index is 11.3. The normalized spacial score (nSPS) is 22.5. The molecule has 2 radical (unpaired) electrons. The van der Waals surface area contributed by atoms with Gasteiger partial charge in [0.2, 0.25) is 5.91 Å². The van der Waals surface area contributed by atoms with Crippen molar-refractivity contribution in [3.05, 3.63) is 41.8 Å². The van der Waals surface area contributed by atoms with Crippen LogP contribution in [0.4, 0.5) is 0 Å². The minimum atomic E-state index is -0.229. The van der Waals surface area contributed by atoms with Gasteiger partial charge in [-0.1, -0.05) is 37.1 Å². The van der Waals surface area contributed by atoms with Crippen LogP contribution >= 0.6 is 0 Å². The monoisotopic (exact) mass is 201 g/mol. The van der Waals surface area contributed by atoms with Gasteiger partial charge in [0.25, 0.3) is 0 Å². The van der Waals surface area contributed by atoms with Gasteiger partial charge in [-0.25, -0.2) is 0 Å². The lowest BCUT2D eigenvalue weighted by molar-refractivity contribution is -0.117. The van der Waals surface area contributed by atoms with E-state index in [1.54, 1.807) is 0 Å². The van der Waals surface area contributed by atoms with E-state index in [1.807, 2.05) is 24.3 Å². The first kappa shape index (κ1) is 10.2. The molecule has 0 bridgehead atoms. The predicted octanol–water partition coefficient (Wildman–Crippen LogP) is 2.20. The Labute approximate surface area is 90.5 Å². The second-order valence-corrected chi connectivity index (χ2v) is 4.02. The van der Waals surface area contributed by atoms with Crippen molar-refractivity contribution < 1.29 is 4.79 Å². The van der Waals surface area contributed by atoms with E-state index in [0.717, 1.165) is 25.2 Å². The Hall–Kier alpha value is -1.31. The molecule has 0 aliphatic heterocycles. The van der Waals surface area contributed by atoms with Crippen LogP contribution in [0.3, 0.4) is 0 Å². The van der Waals surface area contributed by atoms with Gasteiger partial charge in [0.05, 0.1) is 5.92 Å². The Bertz CT molecular complexity index is 334. The number of nitrogens with two attached hydrogens (primary N) is 1. The molecule has 15 heavy (non-hydrogen) atoms. The van der Waals surface area contributed by atoms with Crippen LogP contribution in [0.1, 0.15) is 37.2 Å². The molecule has 1 fully saturated rings. The number of hydrogen-bond donors (Lipinski definition) is 1. The largest absolute Gasteiger partial charge is 0.369 e. The van der Waals surface area contributed by atoms with Gasteiger partial charge in [-0.3, -0.25) is 4.79 Å². The Morgan fingerprint density at radius 1 is 1.33 bits per heavy atom. The molecule has 2 nitrogen and oxygen atoms in total. The summed E-state index contributed by atoms with van der Waals surface area (Å²) in [6.45, 7) is 0. The molecule has 2 N–H and O–H groups in total. The van der Waals surface area contributed by atoms with Gasteiger partial charge in [0.1, 0.15) is 0 Å². The molecule has 0 spiro atoms. The summed E-state index contributed by atoms with van der Waals surface area (Å²) in [6.07, 6.45) is 4.18. The summed E-state index contributed by atoms with van der Waals surface area (Å²) in [5, 5.41) is 0. The third-order valence-corrected chi connectivity index (χ3v) is 3.07. The number of carbonyl (C=O) groups is 1. The molecular weight excluding hydrogens is 186 g/mol. The number of amides is 1. The minimum absolute atomic E-state index is 0.229. The fraction of sp³-hybridized carbons (Fsp3) is 0.385. The van der Waals surface area contributed by atoms with Crippen molar-refractivity contribution in [1.82, 2.24) is 0 Å². The zero-order valence-electron chi connectivity index (χ0n) is 8.70. The molecule has 1 atom stereocenters. The van der Waals surface area contributed by atoms with E-state index in [1.165, 1.54) is 12.0 Å². The van der Waals surface area contributed by atoms with Crippen molar-refractivity contribution in [2.75, 3.05) is 0 Å². The molecule has 0 aromatic heterocycles. The van der Waals surface area contributed by atoms with E-state index in [2.05, 4.69) is 6.07 Å². The maximum absolute atomic E-state index is 11.3. The first-order valence-electron chi connectivity index (χ1n) is 5.40. The van der Waals surface area contributed by atoms with Crippen LogP contribution in [0.2, 0.25) is 0 Å². The van der Waals surface area contributed by atoms with Crippen molar-refractivity contribution in [3.63, 3.8) is 0 Å². The average molecular weight is 201 g/mol. The van der Waals surface area contributed by atoms with Crippen molar-refractivity contribution in [2.24, 2.45) is 5.73 Å². The lowest BCUT2D eigenvalue weighted by atomic mass is 9.75. The van der Waals surface area contributed by atoms with E-state index in [4.69, 9.17) is 5.73 Å². The first-order chi connectivity index (χ1) is 7.29. The number of primary amides is 1. The first-order valence-corrected chi connectivity index (χ1v) is 5.40. The van der Waals surface area contributed by atoms with Gasteiger partial charge in [0, 0.05) is 0 Å². The molecule has 1 unspecified atom stereocenters. The summed E-state index contributed by atoms with van der Waals surface area (Å²) >= 11 is 0. The SMILES string of the molecule is NC(=O)[C]1CCCCC1c1cc[c]cc1. The lowest BCUT2D eigenvalue weighted by Crippen LogP contribution is -2.29. The van der Waals surface area contributed by atoms with Gasteiger partial charge in [0.15, 0.2) is 0 Å².